The molecule has 0 spiro atoms. The molecular weight excluding hydrogens is 290 g/mol. The number of hydrogen-bond donors (Lipinski definition) is 1. The second kappa shape index (κ2) is 7.27. The number of methoxy groups -OCH3 is 1. The number of nitrogens with one attached hydrogen (secondary N) is 1. The molecule has 1 N–H and O–H groups in total. The molecular formula is C15H22BrNO. The fourth-order valence-corrected chi connectivity index (χ4v) is 2.85. The highest BCUT2D eigenvalue weighted by atomic mass is 79.9. The van der Waals surface area contributed by atoms with Crippen LogP contribution in [0.4, 0.5) is 0 Å². The van der Waals surface area contributed by atoms with Gasteiger partial charge in [-0.3, -0.25) is 0 Å². The number of rotatable bonds is 8. The summed E-state index contributed by atoms with van der Waals surface area (Å²) >= 11 is 3.67. The number of benzene rings is 1. The summed E-state index contributed by atoms with van der Waals surface area (Å²) in [4.78, 5) is 0. The van der Waals surface area contributed by atoms with Gasteiger partial charge in [0.2, 0.25) is 0 Å². The average Bonchev–Trinajstić information content (AvgIpc) is 3.19. The van der Waals surface area contributed by atoms with E-state index >= 15 is 0 Å². The Balaban J connectivity index is 1.95. The minimum Gasteiger partial charge on any atom is -0.385 e. The van der Waals surface area contributed by atoms with Crippen molar-refractivity contribution in [3.63, 3.8) is 0 Å². The van der Waals surface area contributed by atoms with Crippen molar-refractivity contribution < 1.29 is 4.74 Å². The van der Waals surface area contributed by atoms with Gasteiger partial charge in [-0.05, 0) is 43.2 Å². The lowest BCUT2D eigenvalue weighted by Crippen LogP contribution is -2.24. The molecule has 1 aliphatic carbocycles. The minimum atomic E-state index is 0.580. The van der Waals surface area contributed by atoms with Crippen LogP contribution in [0.5, 0.6) is 0 Å². The van der Waals surface area contributed by atoms with E-state index in [2.05, 4.69) is 45.5 Å². The topological polar surface area (TPSA) is 21.3 Å². The van der Waals surface area contributed by atoms with Crippen molar-refractivity contribution in [2.24, 2.45) is 0 Å². The van der Waals surface area contributed by atoms with E-state index in [-0.39, 0.29) is 0 Å². The first-order valence-corrected chi connectivity index (χ1v) is 7.57. The van der Waals surface area contributed by atoms with Crippen molar-refractivity contribution in [3.8, 4) is 0 Å². The van der Waals surface area contributed by atoms with Crippen molar-refractivity contribution in [2.75, 3.05) is 20.3 Å². The molecule has 2 nitrogen and oxygen atoms in total. The third-order valence-electron chi connectivity index (χ3n) is 3.48. The Labute approximate surface area is 118 Å². The molecule has 18 heavy (non-hydrogen) atoms. The maximum absolute atomic E-state index is 5.16. The van der Waals surface area contributed by atoms with Crippen LogP contribution >= 0.6 is 15.9 Å². The molecule has 1 fully saturated rings. The van der Waals surface area contributed by atoms with Crippen LogP contribution in [-0.2, 0) is 4.74 Å². The zero-order valence-corrected chi connectivity index (χ0v) is 12.6. The first kappa shape index (κ1) is 14.0. The van der Waals surface area contributed by atoms with E-state index in [1.165, 1.54) is 29.3 Å². The molecule has 0 heterocycles. The third-order valence-corrected chi connectivity index (χ3v) is 4.20. The quantitative estimate of drug-likeness (QED) is 0.739. The van der Waals surface area contributed by atoms with Crippen molar-refractivity contribution in [2.45, 2.75) is 37.6 Å². The Hall–Kier alpha value is -0.380. The van der Waals surface area contributed by atoms with Crippen LogP contribution in [-0.4, -0.2) is 26.3 Å². The normalized spacial score (nSPS) is 16.8. The Kier molecular flexibility index (Phi) is 5.67. The van der Waals surface area contributed by atoms with Gasteiger partial charge in [0.25, 0.3) is 0 Å². The van der Waals surface area contributed by atoms with Crippen LogP contribution in [0.2, 0.25) is 0 Å². The number of ether oxygens (including phenoxy) is 1. The lowest BCUT2D eigenvalue weighted by molar-refractivity contribution is 0.190. The Morgan fingerprint density at radius 1 is 1.39 bits per heavy atom. The standard InChI is InChI=1S/C15H22BrNO/c1-18-10-4-5-12(11-17-13-8-9-13)14-6-2-3-7-15(14)16/h2-3,6-7,12-13,17H,4-5,8-11H2,1H3. The van der Waals surface area contributed by atoms with E-state index in [0.717, 1.165) is 25.6 Å². The maximum Gasteiger partial charge on any atom is 0.0462 e. The highest BCUT2D eigenvalue weighted by Crippen LogP contribution is 2.29. The van der Waals surface area contributed by atoms with E-state index in [9.17, 15) is 0 Å². The summed E-state index contributed by atoms with van der Waals surface area (Å²) in [5.74, 6) is 0.580. The molecule has 1 aliphatic rings. The van der Waals surface area contributed by atoms with Crippen LogP contribution in [0.1, 0.15) is 37.2 Å². The van der Waals surface area contributed by atoms with Gasteiger partial charge in [0.05, 0.1) is 0 Å². The van der Waals surface area contributed by atoms with E-state index in [4.69, 9.17) is 4.74 Å². The summed E-state index contributed by atoms with van der Waals surface area (Å²) in [5, 5.41) is 3.65. The predicted molar refractivity (Wildman–Crippen MR) is 79.0 cm³/mol. The molecule has 100 valence electrons. The van der Waals surface area contributed by atoms with Gasteiger partial charge in [-0.1, -0.05) is 34.1 Å². The smallest absolute Gasteiger partial charge is 0.0462 e. The van der Waals surface area contributed by atoms with Crippen molar-refractivity contribution in [1.82, 2.24) is 5.32 Å². The van der Waals surface area contributed by atoms with Gasteiger partial charge in [-0.25, -0.2) is 0 Å². The lowest BCUT2D eigenvalue weighted by atomic mass is 9.94. The summed E-state index contributed by atoms with van der Waals surface area (Å²) in [5.41, 5.74) is 1.42. The van der Waals surface area contributed by atoms with Gasteiger partial charge in [0.1, 0.15) is 0 Å². The molecule has 2 rings (SSSR count). The molecule has 0 bridgehead atoms. The second-order valence-electron chi connectivity index (χ2n) is 5.04. The average molecular weight is 312 g/mol. The highest BCUT2D eigenvalue weighted by molar-refractivity contribution is 9.10. The van der Waals surface area contributed by atoms with E-state index in [1.807, 2.05) is 0 Å². The molecule has 0 amide bonds. The zero-order valence-electron chi connectivity index (χ0n) is 11.0. The van der Waals surface area contributed by atoms with Crippen molar-refractivity contribution in [1.29, 1.82) is 0 Å². The molecule has 1 atom stereocenters. The summed E-state index contributed by atoms with van der Waals surface area (Å²) in [7, 11) is 1.77. The van der Waals surface area contributed by atoms with E-state index in [1.54, 1.807) is 7.11 Å². The monoisotopic (exact) mass is 311 g/mol. The van der Waals surface area contributed by atoms with Gasteiger partial charge in [-0.2, -0.15) is 0 Å². The SMILES string of the molecule is COCCCC(CNC1CC1)c1ccccc1Br. The van der Waals surface area contributed by atoms with Gasteiger partial charge >= 0.3 is 0 Å². The third kappa shape index (κ3) is 4.38. The van der Waals surface area contributed by atoms with Gasteiger partial charge in [-0.15, -0.1) is 0 Å². The highest BCUT2D eigenvalue weighted by Gasteiger charge is 2.22. The molecule has 1 saturated carbocycles. The molecule has 0 aliphatic heterocycles. The first-order chi connectivity index (χ1) is 8.81. The van der Waals surface area contributed by atoms with Crippen molar-refractivity contribution >= 4 is 15.9 Å². The maximum atomic E-state index is 5.16. The minimum absolute atomic E-state index is 0.580. The van der Waals surface area contributed by atoms with Crippen LogP contribution in [0.25, 0.3) is 0 Å². The van der Waals surface area contributed by atoms with Crippen LogP contribution in [0.3, 0.4) is 0 Å². The van der Waals surface area contributed by atoms with E-state index < -0.39 is 0 Å². The number of halogens is 1. The van der Waals surface area contributed by atoms with Crippen LogP contribution in [0, 0.1) is 0 Å². The summed E-state index contributed by atoms with van der Waals surface area (Å²) in [6.45, 7) is 1.93. The fourth-order valence-electron chi connectivity index (χ4n) is 2.24. The molecule has 1 aromatic rings. The molecule has 1 unspecified atom stereocenters. The molecule has 1 aromatic carbocycles. The van der Waals surface area contributed by atoms with Crippen molar-refractivity contribution in [3.05, 3.63) is 34.3 Å². The number of hydrogen-bond acceptors (Lipinski definition) is 2. The molecule has 0 radical (unpaired) electrons. The first-order valence-electron chi connectivity index (χ1n) is 6.78. The van der Waals surface area contributed by atoms with Gasteiger partial charge < -0.3 is 10.1 Å². The summed E-state index contributed by atoms with van der Waals surface area (Å²) in [6.07, 6.45) is 4.99. The lowest BCUT2D eigenvalue weighted by Gasteiger charge is -2.19. The second-order valence-corrected chi connectivity index (χ2v) is 5.89. The summed E-state index contributed by atoms with van der Waals surface area (Å²) < 4.78 is 6.39. The van der Waals surface area contributed by atoms with Crippen LogP contribution in [0.15, 0.2) is 28.7 Å². The van der Waals surface area contributed by atoms with Gasteiger partial charge in [0.15, 0.2) is 0 Å². The Morgan fingerprint density at radius 2 is 2.17 bits per heavy atom. The van der Waals surface area contributed by atoms with Gasteiger partial charge in [0, 0.05) is 30.8 Å². The summed E-state index contributed by atoms with van der Waals surface area (Å²) in [6, 6.07) is 9.35. The molecule has 0 aromatic heterocycles. The Morgan fingerprint density at radius 3 is 2.83 bits per heavy atom. The largest absolute Gasteiger partial charge is 0.385 e. The molecule has 0 saturated heterocycles. The fraction of sp³-hybridized carbons (Fsp3) is 0.600. The van der Waals surface area contributed by atoms with E-state index in [0.29, 0.717) is 5.92 Å². The zero-order chi connectivity index (χ0) is 12.8. The Bertz CT molecular complexity index is 365. The predicted octanol–water partition coefficient (Wildman–Crippen LogP) is 3.71. The molecule has 3 heteroatoms. The van der Waals surface area contributed by atoms with Crippen LogP contribution < -0.4 is 5.32 Å².